The maximum atomic E-state index is 5.81. The maximum absolute atomic E-state index is 5.81. The Morgan fingerprint density at radius 2 is 0.789 bits per heavy atom. The second-order valence-electron chi connectivity index (χ2n) is 10.6. The van der Waals surface area contributed by atoms with Gasteiger partial charge in [-0.2, -0.15) is 0 Å². The number of hydrogen-bond donors (Lipinski definition) is 0. The number of nitrogens with zero attached hydrogens (tertiary/aromatic N) is 2. The summed E-state index contributed by atoms with van der Waals surface area (Å²) in [6.07, 6.45) is 26.0. The first-order valence-corrected chi connectivity index (χ1v) is 15.8. The number of hydrogen-bond acceptors (Lipinski definition) is 2. The first-order valence-electron chi connectivity index (χ1n) is 15.8. The van der Waals surface area contributed by atoms with E-state index in [4.69, 9.17) is 6.42 Å². The average molecular weight is 517 g/mol. The van der Waals surface area contributed by atoms with Gasteiger partial charge in [-0.15, -0.1) is 6.42 Å². The molecule has 0 radical (unpaired) electrons. The Morgan fingerprint density at radius 1 is 0.474 bits per heavy atom. The van der Waals surface area contributed by atoms with E-state index in [-0.39, 0.29) is 0 Å². The lowest BCUT2D eigenvalue weighted by Gasteiger charge is -2.17. The van der Waals surface area contributed by atoms with Gasteiger partial charge in [-0.3, -0.25) is 0 Å². The summed E-state index contributed by atoms with van der Waals surface area (Å²) in [5.41, 5.74) is 2.79. The molecule has 0 aliphatic carbocycles. The highest BCUT2D eigenvalue weighted by molar-refractivity contribution is 5.50. The Bertz CT molecular complexity index is 798. The van der Waals surface area contributed by atoms with Gasteiger partial charge in [0, 0.05) is 55.0 Å². The molecule has 0 aromatic heterocycles. The highest BCUT2D eigenvalue weighted by atomic mass is 15.1. The molecular formula is C36H56N2. The third-order valence-electron chi connectivity index (χ3n) is 6.94. The van der Waals surface area contributed by atoms with E-state index in [1.807, 2.05) is 12.1 Å². The molecule has 2 heteroatoms. The number of benzene rings is 1. The van der Waals surface area contributed by atoms with Crippen molar-refractivity contribution in [3.05, 3.63) is 34.9 Å². The van der Waals surface area contributed by atoms with Crippen LogP contribution >= 0.6 is 0 Å². The molecular weight excluding hydrogens is 460 g/mol. The minimum atomic E-state index is 0.857. The summed E-state index contributed by atoms with van der Waals surface area (Å²) in [5.74, 6) is 9.66. The maximum Gasteiger partial charge on any atom is 0.0288 e. The summed E-state index contributed by atoms with van der Waals surface area (Å²) < 4.78 is 0. The van der Waals surface area contributed by atoms with Gasteiger partial charge >= 0.3 is 0 Å². The van der Waals surface area contributed by atoms with Crippen molar-refractivity contribution in [3.8, 4) is 36.3 Å². The fourth-order valence-corrected chi connectivity index (χ4v) is 4.51. The monoisotopic (exact) mass is 516 g/mol. The van der Waals surface area contributed by atoms with Crippen LogP contribution in [0.4, 0.5) is 0 Å². The molecule has 0 amide bonds. The molecule has 1 aromatic rings. The smallest absolute Gasteiger partial charge is 0.0288 e. The van der Waals surface area contributed by atoms with Crippen molar-refractivity contribution >= 4 is 0 Å². The standard InChI is InChI=1S/C36H56N2/c1-6-11-15-19-25-37(26-20-16-12-7-2)29-23-35-31-34(10-5)32-36(33-35)24-30-38(27-21-17-13-8-3)28-22-18-14-9-4/h5,31-33H,6-9,11-22,25-28H2,1-4H3. The molecule has 0 N–H and O–H groups in total. The summed E-state index contributed by atoms with van der Waals surface area (Å²) in [6, 6.07) is 13.1. The average Bonchev–Trinajstić information content (AvgIpc) is 2.94. The van der Waals surface area contributed by atoms with E-state index in [2.05, 4.69) is 73.4 Å². The zero-order valence-corrected chi connectivity index (χ0v) is 25.3. The molecule has 38 heavy (non-hydrogen) atoms. The molecule has 0 fully saturated rings. The third-order valence-corrected chi connectivity index (χ3v) is 6.94. The molecule has 0 aliphatic rings. The topological polar surface area (TPSA) is 6.48 Å². The van der Waals surface area contributed by atoms with Gasteiger partial charge in [0.25, 0.3) is 0 Å². The van der Waals surface area contributed by atoms with E-state index >= 15 is 0 Å². The lowest BCUT2D eigenvalue weighted by molar-refractivity contribution is 0.370. The van der Waals surface area contributed by atoms with Crippen LogP contribution in [-0.2, 0) is 0 Å². The Hall–Kier alpha value is -2.50. The van der Waals surface area contributed by atoms with E-state index in [0.717, 1.165) is 42.9 Å². The predicted molar refractivity (Wildman–Crippen MR) is 168 cm³/mol. The van der Waals surface area contributed by atoms with Gasteiger partial charge in [-0.25, -0.2) is 0 Å². The van der Waals surface area contributed by atoms with Crippen LogP contribution < -0.4 is 0 Å². The van der Waals surface area contributed by atoms with Gasteiger partial charge in [-0.1, -0.05) is 111 Å². The minimum absolute atomic E-state index is 0.857. The Morgan fingerprint density at radius 3 is 1.08 bits per heavy atom. The van der Waals surface area contributed by atoms with Crippen LogP contribution in [0.2, 0.25) is 0 Å². The van der Waals surface area contributed by atoms with Crippen LogP contribution in [0.5, 0.6) is 0 Å². The van der Waals surface area contributed by atoms with Gasteiger partial charge in [0.2, 0.25) is 0 Å². The molecule has 0 unspecified atom stereocenters. The molecule has 0 heterocycles. The summed E-state index contributed by atoms with van der Waals surface area (Å²) in [7, 11) is 0. The Kier molecular flexibility index (Phi) is 20.8. The van der Waals surface area contributed by atoms with Crippen LogP contribution in [0, 0.1) is 36.3 Å². The van der Waals surface area contributed by atoms with Crippen molar-refractivity contribution in [2.45, 2.75) is 130 Å². The van der Waals surface area contributed by atoms with Gasteiger partial charge in [0.1, 0.15) is 0 Å². The van der Waals surface area contributed by atoms with E-state index in [1.54, 1.807) is 0 Å². The molecule has 0 saturated heterocycles. The lowest BCUT2D eigenvalue weighted by Crippen LogP contribution is -2.21. The van der Waals surface area contributed by atoms with Crippen LogP contribution in [0.3, 0.4) is 0 Å². The molecule has 210 valence electrons. The highest BCUT2D eigenvalue weighted by Crippen LogP contribution is 2.11. The molecule has 1 rings (SSSR count). The minimum Gasteiger partial charge on any atom is -0.332 e. The molecule has 2 nitrogen and oxygen atoms in total. The predicted octanol–water partition coefficient (Wildman–Crippen LogP) is 9.21. The van der Waals surface area contributed by atoms with Crippen LogP contribution in [0.25, 0.3) is 0 Å². The van der Waals surface area contributed by atoms with E-state index in [1.165, 1.54) is 103 Å². The van der Waals surface area contributed by atoms with Gasteiger partial charge in [0.05, 0.1) is 0 Å². The first kappa shape index (κ1) is 33.5. The second-order valence-corrected chi connectivity index (χ2v) is 10.6. The van der Waals surface area contributed by atoms with E-state index in [9.17, 15) is 0 Å². The largest absolute Gasteiger partial charge is 0.332 e. The van der Waals surface area contributed by atoms with Crippen molar-refractivity contribution in [2.24, 2.45) is 0 Å². The van der Waals surface area contributed by atoms with Crippen LogP contribution in [0.1, 0.15) is 147 Å². The molecule has 0 bridgehead atoms. The van der Waals surface area contributed by atoms with Crippen LogP contribution in [0.15, 0.2) is 18.2 Å². The zero-order valence-electron chi connectivity index (χ0n) is 25.3. The van der Waals surface area contributed by atoms with Crippen molar-refractivity contribution < 1.29 is 0 Å². The molecule has 0 aliphatic heterocycles. The molecule has 0 spiro atoms. The SMILES string of the molecule is C#Cc1cc(C#CN(CCCCCC)CCCCCC)cc(C#CN(CCCCCC)CCCCCC)c1. The quantitative estimate of drug-likeness (QED) is 0.0968. The zero-order chi connectivity index (χ0) is 27.7. The molecule has 1 aromatic carbocycles. The van der Waals surface area contributed by atoms with Crippen molar-refractivity contribution in [3.63, 3.8) is 0 Å². The van der Waals surface area contributed by atoms with E-state index in [0.29, 0.717) is 0 Å². The summed E-state index contributed by atoms with van der Waals surface area (Å²) >= 11 is 0. The van der Waals surface area contributed by atoms with Crippen molar-refractivity contribution in [1.29, 1.82) is 0 Å². The second kappa shape index (κ2) is 23.6. The van der Waals surface area contributed by atoms with E-state index < -0.39 is 0 Å². The van der Waals surface area contributed by atoms with Crippen molar-refractivity contribution in [1.82, 2.24) is 9.80 Å². The summed E-state index contributed by atoms with van der Waals surface area (Å²) in [5, 5.41) is 0. The Balaban J connectivity index is 2.99. The fourth-order valence-electron chi connectivity index (χ4n) is 4.51. The normalized spacial score (nSPS) is 10.2. The van der Waals surface area contributed by atoms with Crippen LogP contribution in [-0.4, -0.2) is 36.0 Å². The van der Waals surface area contributed by atoms with Gasteiger partial charge in [-0.05, 0) is 55.7 Å². The Labute approximate surface area is 237 Å². The van der Waals surface area contributed by atoms with Gasteiger partial charge < -0.3 is 9.80 Å². The highest BCUT2D eigenvalue weighted by Gasteiger charge is 2.03. The summed E-state index contributed by atoms with van der Waals surface area (Å²) in [6.45, 7) is 13.2. The lowest BCUT2D eigenvalue weighted by atomic mass is 10.1. The number of terminal acetylenes is 1. The molecule has 0 atom stereocenters. The first-order chi connectivity index (χ1) is 18.7. The van der Waals surface area contributed by atoms with Crippen molar-refractivity contribution in [2.75, 3.05) is 26.2 Å². The summed E-state index contributed by atoms with van der Waals surface area (Å²) in [4.78, 5) is 4.65. The number of unbranched alkanes of at least 4 members (excludes halogenated alkanes) is 12. The fraction of sp³-hybridized carbons (Fsp3) is 0.667. The number of rotatable bonds is 20. The van der Waals surface area contributed by atoms with Gasteiger partial charge in [0.15, 0.2) is 0 Å². The third kappa shape index (κ3) is 17.1. The molecule has 0 saturated carbocycles.